The van der Waals surface area contributed by atoms with Crippen LogP contribution < -0.4 is 5.32 Å². The number of amides is 1. The van der Waals surface area contributed by atoms with Gasteiger partial charge in [0.15, 0.2) is 0 Å². The molecule has 4 rings (SSSR count). The Bertz CT molecular complexity index is 1040. The van der Waals surface area contributed by atoms with E-state index in [1.54, 1.807) is 23.0 Å². The summed E-state index contributed by atoms with van der Waals surface area (Å²) >= 11 is 0. The molecule has 1 amide bonds. The second kappa shape index (κ2) is 9.41. The second-order valence-corrected chi connectivity index (χ2v) is 8.11. The molecule has 2 aromatic carbocycles. The largest absolute Gasteiger partial charge is 0.348 e. The normalized spacial score (nSPS) is 15.2. The lowest BCUT2D eigenvalue weighted by Gasteiger charge is -2.32. The highest BCUT2D eigenvalue weighted by atomic mass is 19.1. The average Bonchev–Trinajstić information content (AvgIpc) is 3.16. The van der Waals surface area contributed by atoms with Crippen molar-refractivity contribution in [3.05, 3.63) is 82.9 Å². The molecule has 0 spiro atoms. The molecule has 0 unspecified atom stereocenters. The van der Waals surface area contributed by atoms with Crippen LogP contribution >= 0.6 is 0 Å². The minimum Gasteiger partial charge on any atom is -0.348 e. The molecule has 6 nitrogen and oxygen atoms in total. The van der Waals surface area contributed by atoms with Crippen molar-refractivity contribution in [1.82, 2.24) is 24.9 Å². The second-order valence-electron chi connectivity index (χ2n) is 8.11. The fraction of sp³-hybridized carbons (Fsp3) is 0.333. The smallest absolute Gasteiger partial charge is 0.255 e. The zero-order valence-electron chi connectivity index (χ0n) is 18.0. The molecule has 0 bridgehead atoms. The molecule has 1 aliphatic heterocycles. The molecule has 1 aliphatic rings. The number of rotatable bonds is 6. The maximum absolute atomic E-state index is 13.2. The molecular formula is C24H28FN5O. The highest BCUT2D eigenvalue weighted by Gasteiger charge is 2.16. The Morgan fingerprint density at radius 2 is 1.77 bits per heavy atom. The molecular weight excluding hydrogens is 393 g/mol. The highest BCUT2D eigenvalue weighted by Crippen LogP contribution is 2.15. The van der Waals surface area contributed by atoms with Crippen molar-refractivity contribution >= 4 is 5.91 Å². The van der Waals surface area contributed by atoms with Crippen LogP contribution in [0.4, 0.5) is 4.39 Å². The molecule has 162 valence electrons. The topological polar surface area (TPSA) is 53.4 Å². The summed E-state index contributed by atoms with van der Waals surface area (Å²) in [4.78, 5) is 17.5. The summed E-state index contributed by atoms with van der Waals surface area (Å²) < 4.78 is 14.8. The number of halogens is 1. The standard InChI is InChI=1S/C24H28FN5O/c1-18-23(16-27-30(18)22-8-6-21(25)7-9-22)24(31)26-15-19-4-3-5-20(14-19)17-29-12-10-28(2)11-13-29/h3-9,14,16H,10-13,15,17H2,1-2H3,(H,26,31). The van der Waals surface area contributed by atoms with Gasteiger partial charge in [0.25, 0.3) is 5.91 Å². The monoisotopic (exact) mass is 421 g/mol. The van der Waals surface area contributed by atoms with Crippen molar-refractivity contribution in [1.29, 1.82) is 0 Å². The Labute approximate surface area is 182 Å². The van der Waals surface area contributed by atoms with E-state index in [0.29, 0.717) is 17.8 Å². The average molecular weight is 422 g/mol. The van der Waals surface area contributed by atoms with Crippen molar-refractivity contribution in [2.75, 3.05) is 33.2 Å². The lowest BCUT2D eigenvalue weighted by Crippen LogP contribution is -2.43. The minimum atomic E-state index is -0.304. The van der Waals surface area contributed by atoms with E-state index in [0.717, 1.165) is 44.0 Å². The predicted octanol–water partition coefficient (Wildman–Crippen LogP) is 3.00. The number of aromatic nitrogens is 2. The third-order valence-electron chi connectivity index (χ3n) is 5.77. The number of likely N-dealkylation sites (N-methyl/N-ethyl adjacent to an activating group) is 1. The van der Waals surface area contributed by atoms with Crippen molar-refractivity contribution in [3.63, 3.8) is 0 Å². The van der Waals surface area contributed by atoms with Gasteiger partial charge in [-0.3, -0.25) is 9.69 Å². The number of carbonyl (C=O) groups excluding carboxylic acids is 1. The quantitative estimate of drug-likeness (QED) is 0.665. The first-order valence-corrected chi connectivity index (χ1v) is 10.6. The zero-order valence-corrected chi connectivity index (χ0v) is 18.0. The number of benzene rings is 2. The Balaban J connectivity index is 1.37. The molecule has 31 heavy (non-hydrogen) atoms. The number of hydrogen-bond acceptors (Lipinski definition) is 4. The molecule has 1 fully saturated rings. The van der Waals surface area contributed by atoms with Gasteiger partial charge in [-0.05, 0) is 49.4 Å². The van der Waals surface area contributed by atoms with E-state index >= 15 is 0 Å². The van der Waals surface area contributed by atoms with Gasteiger partial charge in [0.1, 0.15) is 5.82 Å². The predicted molar refractivity (Wildman–Crippen MR) is 119 cm³/mol. The number of carbonyl (C=O) groups is 1. The summed E-state index contributed by atoms with van der Waals surface area (Å²) in [6.07, 6.45) is 1.55. The Morgan fingerprint density at radius 3 is 2.52 bits per heavy atom. The van der Waals surface area contributed by atoms with Gasteiger partial charge in [0.05, 0.1) is 23.1 Å². The van der Waals surface area contributed by atoms with Gasteiger partial charge in [-0.15, -0.1) is 0 Å². The van der Waals surface area contributed by atoms with Gasteiger partial charge in [-0.2, -0.15) is 5.10 Å². The van der Waals surface area contributed by atoms with E-state index in [1.807, 2.05) is 19.1 Å². The minimum absolute atomic E-state index is 0.171. The van der Waals surface area contributed by atoms with E-state index in [1.165, 1.54) is 17.7 Å². The maximum atomic E-state index is 13.2. The molecule has 0 aliphatic carbocycles. The summed E-state index contributed by atoms with van der Waals surface area (Å²) in [5.74, 6) is -0.475. The van der Waals surface area contributed by atoms with Crippen LogP contribution in [0.25, 0.3) is 5.69 Å². The third-order valence-corrected chi connectivity index (χ3v) is 5.77. The summed E-state index contributed by atoms with van der Waals surface area (Å²) in [5, 5.41) is 7.29. The van der Waals surface area contributed by atoms with Crippen molar-refractivity contribution in [2.45, 2.75) is 20.0 Å². The number of hydrogen-bond donors (Lipinski definition) is 1. The van der Waals surface area contributed by atoms with Crippen LogP contribution in [-0.4, -0.2) is 58.7 Å². The van der Waals surface area contributed by atoms with Gasteiger partial charge >= 0.3 is 0 Å². The SMILES string of the molecule is Cc1c(C(=O)NCc2cccc(CN3CCN(C)CC3)c2)cnn1-c1ccc(F)cc1. The summed E-state index contributed by atoms with van der Waals surface area (Å²) in [6, 6.07) is 14.4. The van der Waals surface area contributed by atoms with Crippen molar-refractivity contribution < 1.29 is 9.18 Å². The lowest BCUT2D eigenvalue weighted by atomic mass is 10.1. The van der Waals surface area contributed by atoms with E-state index in [9.17, 15) is 9.18 Å². The Morgan fingerprint density at radius 1 is 1.06 bits per heavy atom. The Kier molecular flexibility index (Phi) is 6.44. The maximum Gasteiger partial charge on any atom is 0.255 e. The van der Waals surface area contributed by atoms with Crippen LogP contribution in [0.1, 0.15) is 27.2 Å². The summed E-state index contributed by atoms with van der Waals surface area (Å²) in [7, 11) is 2.16. The highest BCUT2D eigenvalue weighted by molar-refractivity contribution is 5.95. The molecule has 0 radical (unpaired) electrons. The van der Waals surface area contributed by atoms with Gasteiger partial charge < -0.3 is 10.2 Å². The van der Waals surface area contributed by atoms with Gasteiger partial charge in [0, 0.05) is 39.3 Å². The summed E-state index contributed by atoms with van der Waals surface area (Å²) in [5.41, 5.74) is 4.28. The van der Waals surface area contributed by atoms with Gasteiger partial charge in [-0.1, -0.05) is 24.3 Å². The van der Waals surface area contributed by atoms with E-state index in [-0.39, 0.29) is 11.7 Å². The fourth-order valence-electron chi connectivity index (χ4n) is 3.85. The number of nitrogens with one attached hydrogen (secondary N) is 1. The third kappa shape index (κ3) is 5.18. The molecule has 1 N–H and O–H groups in total. The van der Waals surface area contributed by atoms with Crippen LogP contribution in [-0.2, 0) is 13.1 Å². The van der Waals surface area contributed by atoms with Crippen LogP contribution in [0.5, 0.6) is 0 Å². The molecule has 0 atom stereocenters. The zero-order chi connectivity index (χ0) is 21.8. The molecule has 1 saturated heterocycles. The van der Waals surface area contributed by atoms with Crippen LogP contribution in [0, 0.1) is 12.7 Å². The molecule has 0 saturated carbocycles. The van der Waals surface area contributed by atoms with E-state index < -0.39 is 0 Å². The van der Waals surface area contributed by atoms with Crippen molar-refractivity contribution in [3.8, 4) is 5.69 Å². The van der Waals surface area contributed by atoms with E-state index in [4.69, 9.17) is 0 Å². The number of piperazine rings is 1. The van der Waals surface area contributed by atoms with E-state index in [2.05, 4.69) is 39.4 Å². The van der Waals surface area contributed by atoms with Gasteiger partial charge in [-0.25, -0.2) is 9.07 Å². The fourth-order valence-corrected chi connectivity index (χ4v) is 3.85. The van der Waals surface area contributed by atoms with Crippen LogP contribution in [0.15, 0.2) is 54.7 Å². The van der Waals surface area contributed by atoms with Crippen LogP contribution in [0.2, 0.25) is 0 Å². The number of nitrogens with zero attached hydrogens (tertiary/aromatic N) is 4. The van der Waals surface area contributed by atoms with Gasteiger partial charge in [0.2, 0.25) is 0 Å². The summed E-state index contributed by atoms with van der Waals surface area (Å²) in [6.45, 7) is 7.57. The lowest BCUT2D eigenvalue weighted by molar-refractivity contribution is 0.0950. The Hall–Kier alpha value is -3.03. The first-order chi connectivity index (χ1) is 15.0. The molecule has 3 aromatic rings. The van der Waals surface area contributed by atoms with Crippen LogP contribution in [0.3, 0.4) is 0 Å². The first kappa shape index (κ1) is 21.2. The molecule has 7 heteroatoms. The molecule has 1 aromatic heterocycles. The van der Waals surface area contributed by atoms with Crippen molar-refractivity contribution in [2.24, 2.45) is 0 Å². The molecule has 2 heterocycles. The first-order valence-electron chi connectivity index (χ1n) is 10.6.